The zero-order valence-corrected chi connectivity index (χ0v) is 18.3. The van der Waals surface area contributed by atoms with Crippen molar-refractivity contribution in [3.8, 4) is 10.6 Å². The van der Waals surface area contributed by atoms with Crippen molar-refractivity contribution in [1.29, 1.82) is 0 Å². The van der Waals surface area contributed by atoms with Gasteiger partial charge in [0.15, 0.2) is 5.65 Å². The Morgan fingerprint density at radius 1 is 1.19 bits per heavy atom. The first-order valence-electron chi connectivity index (χ1n) is 9.85. The van der Waals surface area contributed by atoms with E-state index in [1.807, 2.05) is 42.1 Å². The van der Waals surface area contributed by atoms with Crippen LogP contribution in [0.15, 0.2) is 54.0 Å². The van der Waals surface area contributed by atoms with E-state index in [4.69, 9.17) is 9.72 Å². The van der Waals surface area contributed by atoms with Crippen LogP contribution in [0.5, 0.6) is 0 Å². The molecule has 1 aromatic carbocycles. The van der Waals surface area contributed by atoms with Gasteiger partial charge >= 0.3 is 5.97 Å². The number of rotatable bonds is 6. The zero-order valence-electron chi connectivity index (χ0n) is 17.5. The lowest BCUT2D eigenvalue weighted by atomic mass is 10.1. The Labute approximate surface area is 183 Å². The molecule has 7 nitrogen and oxygen atoms in total. The minimum Gasteiger partial charge on any atom is -0.465 e. The van der Waals surface area contributed by atoms with Crippen LogP contribution in [0.2, 0.25) is 0 Å². The number of hydrogen-bond donors (Lipinski definition) is 1. The first-order valence-corrected chi connectivity index (χ1v) is 10.7. The number of methoxy groups -OCH3 is 1. The summed E-state index contributed by atoms with van der Waals surface area (Å²) < 4.78 is 6.54. The maximum absolute atomic E-state index is 13.1. The van der Waals surface area contributed by atoms with Crippen LogP contribution in [0.3, 0.4) is 0 Å². The van der Waals surface area contributed by atoms with Crippen molar-refractivity contribution in [1.82, 2.24) is 20.1 Å². The van der Waals surface area contributed by atoms with Gasteiger partial charge in [0.25, 0.3) is 5.91 Å². The number of carbonyl (C=O) groups excluding carboxylic acids is 2. The highest BCUT2D eigenvalue weighted by Crippen LogP contribution is 2.29. The Morgan fingerprint density at radius 2 is 1.97 bits per heavy atom. The molecule has 0 bridgehead atoms. The van der Waals surface area contributed by atoms with Crippen molar-refractivity contribution in [2.24, 2.45) is 0 Å². The third kappa shape index (κ3) is 4.20. The van der Waals surface area contributed by atoms with E-state index in [0.717, 1.165) is 16.1 Å². The molecule has 0 unspecified atom stereocenters. The molecule has 0 radical (unpaired) electrons. The monoisotopic (exact) mass is 434 g/mol. The number of fused-ring (bicyclic) bond motifs is 1. The standard InChI is InChI=1S/C23H22N4O3S/c1-14(2)27-21-18(13-25-27)17(11-19(26-21)20-5-4-10-31-20)22(28)24-12-15-6-8-16(9-7-15)23(29)30-3/h4-11,13-14H,12H2,1-3H3,(H,24,28). The maximum Gasteiger partial charge on any atom is 0.337 e. The second-order valence-electron chi connectivity index (χ2n) is 7.32. The molecule has 1 amide bonds. The quantitative estimate of drug-likeness (QED) is 0.453. The fourth-order valence-electron chi connectivity index (χ4n) is 3.29. The first-order chi connectivity index (χ1) is 15.0. The topological polar surface area (TPSA) is 86.1 Å². The van der Waals surface area contributed by atoms with Gasteiger partial charge in [-0.1, -0.05) is 18.2 Å². The van der Waals surface area contributed by atoms with E-state index >= 15 is 0 Å². The predicted molar refractivity (Wildman–Crippen MR) is 120 cm³/mol. The van der Waals surface area contributed by atoms with E-state index in [9.17, 15) is 9.59 Å². The number of amides is 1. The largest absolute Gasteiger partial charge is 0.465 e. The normalized spacial score (nSPS) is 11.1. The lowest BCUT2D eigenvalue weighted by Gasteiger charge is -2.11. The fraction of sp³-hybridized carbons (Fsp3) is 0.217. The van der Waals surface area contributed by atoms with Gasteiger partial charge in [0.05, 0.1) is 40.4 Å². The molecule has 3 aromatic heterocycles. The Hall–Kier alpha value is -3.52. The predicted octanol–water partition coefficient (Wildman–Crippen LogP) is 4.46. The molecule has 4 rings (SSSR count). The van der Waals surface area contributed by atoms with Gasteiger partial charge in [-0.3, -0.25) is 4.79 Å². The van der Waals surface area contributed by atoms with Crippen LogP contribution in [-0.4, -0.2) is 33.8 Å². The zero-order chi connectivity index (χ0) is 22.0. The number of hydrogen-bond acceptors (Lipinski definition) is 6. The molecular formula is C23H22N4O3S. The number of ether oxygens (including phenoxy) is 1. The van der Waals surface area contributed by atoms with Gasteiger partial charge in [-0.25, -0.2) is 14.5 Å². The van der Waals surface area contributed by atoms with Gasteiger partial charge in [0.1, 0.15) is 0 Å². The summed E-state index contributed by atoms with van der Waals surface area (Å²) in [5.41, 5.74) is 3.32. The van der Waals surface area contributed by atoms with E-state index in [2.05, 4.69) is 10.4 Å². The maximum atomic E-state index is 13.1. The van der Waals surface area contributed by atoms with E-state index in [-0.39, 0.29) is 11.9 Å². The van der Waals surface area contributed by atoms with Crippen molar-refractivity contribution >= 4 is 34.2 Å². The first kappa shape index (κ1) is 20.7. The van der Waals surface area contributed by atoms with E-state index in [1.54, 1.807) is 41.8 Å². The van der Waals surface area contributed by atoms with Gasteiger partial charge < -0.3 is 10.1 Å². The van der Waals surface area contributed by atoms with Crippen LogP contribution < -0.4 is 5.32 Å². The third-order valence-corrected chi connectivity index (χ3v) is 5.79. The van der Waals surface area contributed by atoms with Crippen LogP contribution in [0.1, 0.15) is 46.2 Å². The molecule has 0 aliphatic heterocycles. The highest BCUT2D eigenvalue weighted by atomic mass is 32.1. The number of esters is 1. The summed E-state index contributed by atoms with van der Waals surface area (Å²) in [7, 11) is 1.35. The van der Waals surface area contributed by atoms with Gasteiger partial charge in [0.2, 0.25) is 0 Å². The summed E-state index contributed by atoms with van der Waals surface area (Å²) in [4.78, 5) is 30.5. The SMILES string of the molecule is COC(=O)c1ccc(CNC(=O)c2cc(-c3cccs3)nc3c2cnn3C(C)C)cc1. The number of carbonyl (C=O) groups is 2. The Morgan fingerprint density at radius 3 is 2.61 bits per heavy atom. The van der Waals surface area contributed by atoms with Crippen LogP contribution in [-0.2, 0) is 11.3 Å². The number of pyridine rings is 1. The molecule has 0 saturated carbocycles. The Balaban J connectivity index is 1.63. The van der Waals surface area contributed by atoms with Crippen LogP contribution in [0, 0.1) is 0 Å². The van der Waals surface area contributed by atoms with E-state index in [1.165, 1.54) is 7.11 Å². The molecule has 4 aromatic rings. The average Bonchev–Trinajstić information content (AvgIpc) is 3.46. The average molecular weight is 435 g/mol. The number of aromatic nitrogens is 3. The lowest BCUT2D eigenvalue weighted by Crippen LogP contribution is -2.23. The second kappa shape index (κ2) is 8.69. The molecule has 8 heteroatoms. The van der Waals surface area contributed by atoms with Gasteiger partial charge in [-0.05, 0) is 49.1 Å². The lowest BCUT2D eigenvalue weighted by molar-refractivity contribution is 0.0600. The molecular weight excluding hydrogens is 412 g/mol. The van der Waals surface area contributed by atoms with E-state index < -0.39 is 5.97 Å². The molecule has 0 atom stereocenters. The molecule has 0 aliphatic carbocycles. The number of nitrogens with one attached hydrogen (secondary N) is 1. The van der Waals surface area contributed by atoms with Gasteiger partial charge in [0, 0.05) is 12.6 Å². The Bertz CT molecular complexity index is 1230. The molecule has 1 N–H and O–H groups in total. The molecule has 0 spiro atoms. The van der Waals surface area contributed by atoms with Crippen molar-refractivity contribution in [3.63, 3.8) is 0 Å². The fourth-order valence-corrected chi connectivity index (χ4v) is 3.97. The summed E-state index contributed by atoms with van der Waals surface area (Å²) in [6.45, 7) is 4.39. The number of benzene rings is 1. The van der Waals surface area contributed by atoms with Crippen molar-refractivity contribution in [2.45, 2.75) is 26.4 Å². The van der Waals surface area contributed by atoms with Gasteiger partial charge in [-0.15, -0.1) is 11.3 Å². The summed E-state index contributed by atoms with van der Waals surface area (Å²) >= 11 is 1.58. The van der Waals surface area contributed by atoms with Gasteiger partial charge in [-0.2, -0.15) is 5.10 Å². The summed E-state index contributed by atoms with van der Waals surface area (Å²) in [5.74, 6) is -0.594. The third-order valence-electron chi connectivity index (χ3n) is 4.90. The van der Waals surface area contributed by atoms with Crippen LogP contribution in [0.25, 0.3) is 21.6 Å². The van der Waals surface area contributed by atoms with E-state index in [0.29, 0.717) is 28.7 Å². The van der Waals surface area contributed by atoms with Crippen molar-refractivity contribution in [3.05, 3.63) is 70.7 Å². The van der Waals surface area contributed by atoms with Crippen LogP contribution in [0.4, 0.5) is 0 Å². The molecule has 0 aliphatic rings. The van der Waals surface area contributed by atoms with Crippen LogP contribution >= 0.6 is 11.3 Å². The molecule has 3 heterocycles. The second-order valence-corrected chi connectivity index (χ2v) is 8.27. The molecule has 0 fully saturated rings. The van der Waals surface area contributed by atoms with Crippen molar-refractivity contribution in [2.75, 3.05) is 7.11 Å². The molecule has 0 saturated heterocycles. The highest BCUT2D eigenvalue weighted by molar-refractivity contribution is 7.13. The summed E-state index contributed by atoms with van der Waals surface area (Å²) in [6.07, 6.45) is 1.70. The molecule has 31 heavy (non-hydrogen) atoms. The summed E-state index contributed by atoms with van der Waals surface area (Å²) in [5, 5.41) is 10.1. The number of thiophene rings is 1. The highest BCUT2D eigenvalue weighted by Gasteiger charge is 2.19. The smallest absolute Gasteiger partial charge is 0.337 e. The minimum atomic E-state index is -0.391. The Kier molecular flexibility index (Phi) is 5.81. The van der Waals surface area contributed by atoms with Crippen molar-refractivity contribution < 1.29 is 14.3 Å². The minimum absolute atomic E-state index is 0.118. The summed E-state index contributed by atoms with van der Waals surface area (Å²) in [6, 6.07) is 12.8. The number of nitrogens with zero attached hydrogens (tertiary/aromatic N) is 3. The molecule has 158 valence electrons.